The number of carbonyl (C=O) groups is 2. The summed E-state index contributed by atoms with van der Waals surface area (Å²) in [7, 11) is -1.56. The van der Waals surface area contributed by atoms with Gasteiger partial charge in [-0.2, -0.15) is 0 Å². The fourth-order valence-electron chi connectivity index (χ4n) is 3.81. The maximum absolute atomic E-state index is 12.8. The minimum absolute atomic E-state index is 0.233. The van der Waals surface area contributed by atoms with Crippen molar-refractivity contribution < 1.29 is 28.6 Å². The number of esters is 1. The molecule has 1 heterocycles. The van der Waals surface area contributed by atoms with E-state index in [-0.39, 0.29) is 5.91 Å². The predicted molar refractivity (Wildman–Crippen MR) is 118 cm³/mol. The molecule has 12 heteroatoms. The second-order valence-electron chi connectivity index (χ2n) is 9.41. The lowest BCUT2D eigenvalue weighted by molar-refractivity contribution is -0.394. The van der Waals surface area contributed by atoms with Gasteiger partial charge in [-0.25, -0.2) is 0 Å². The van der Waals surface area contributed by atoms with Gasteiger partial charge < -0.3 is 14.5 Å². The van der Waals surface area contributed by atoms with Gasteiger partial charge in [-0.3, -0.25) is 29.8 Å². The molecule has 1 saturated heterocycles. The van der Waals surface area contributed by atoms with E-state index < -0.39 is 70.9 Å². The third-order valence-electron chi connectivity index (χ3n) is 5.98. The molecule has 1 aliphatic rings. The summed E-state index contributed by atoms with van der Waals surface area (Å²) in [5.41, 5.74) is -2.44. The van der Waals surface area contributed by atoms with Crippen LogP contribution in [0.3, 0.4) is 0 Å². The van der Waals surface area contributed by atoms with Crippen LogP contribution >= 0.6 is 0 Å². The Labute approximate surface area is 187 Å². The highest BCUT2D eigenvalue weighted by Gasteiger charge is 2.59. The lowest BCUT2D eigenvalue weighted by Crippen LogP contribution is -2.72. The van der Waals surface area contributed by atoms with Crippen LogP contribution in [0.4, 0.5) is 11.4 Å². The fraction of sp³-hybridized carbons (Fsp3) is 0.600. The maximum atomic E-state index is 12.8. The Balaban J connectivity index is 2.30. The van der Waals surface area contributed by atoms with Crippen LogP contribution in [0.2, 0.25) is 13.1 Å². The second-order valence-corrected chi connectivity index (χ2v) is 11.7. The van der Waals surface area contributed by atoms with Crippen LogP contribution in [-0.2, 0) is 14.0 Å². The number of rotatable bonds is 8. The van der Waals surface area contributed by atoms with E-state index in [9.17, 15) is 29.8 Å². The average Bonchev–Trinajstić information content (AvgIpc) is 2.63. The molecule has 4 atom stereocenters. The maximum Gasteiger partial charge on any atom is 0.318 e. The number of benzene rings is 1. The number of nitro benzene ring substituents is 2. The van der Waals surface area contributed by atoms with Crippen molar-refractivity contribution in [2.75, 3.05) is 0 Å². The van der Waals surface area contributed by atoms with E-state index in [2.05, 4.69) is 5.32 Å². The molecule has 1 N–H and O–H groups in total. The number of carbonyl (C=O) groups excluding carboxylic acids is 2. The van der Waals surface area contributed by atoms with Crippen LogP contribution < -0.4 is 10.1 Å². The van der Waals surface area contributed by atoms with Crippen molar-refractivity contribution in [3.05, 3.63) is 38.4 Å². The van der Waals surface area contributed by atoms with Crippen LogP contribution in [-0.4, -0.2) is 42.4 Å². The molecule has 1 aromatic rings. The van der Waals surface area contributed by atoms with Gasteiger partial charge in [-0.1, -0.05) is 20.8 Å². The van der Waals surface area contributed by atoms with Crippen LogP contribution in [0.25, 0.3) is 0 Å². The number of non-ortho nitro benzene ring substituents is 1. The van der Waals surface area contributed by atoms with Crippen molar-refractivity contribution in [1.82, 2.24) is 5.32 Å². The summed E-state index contributed by atoms with van der Waals surface area (Å²) in [6.45, 7) is 13.3. The smallest absolute Gasteiger partial charge is 0.318 e. The first-order chi connectivity index (χ1) is 14.6. The van der Waals surface area contributed by atoms with Gasteiger partial charge in [0.25, 0.3) is 5.69 Å². The molecule has 176 valence electrons. The minimum atomic E-state index is -1.56. The number of nitro groups is 2. The van der Waals surface area contributed by atoms with Gasteiger partial charge in [-0.15, -0.1) is 0 Å². The summed E-state index contributed by atoms with van der Waals surface area (Å²) < 4.78 is 11.6. The van der Waals surface area contributed by atoms with Gasteiger partial charge in [0.15, 0.2) is 9.04 Å². The molecule has 0 bridgehead atoms. The van der Waals surface area contributed by atoms with Crippen LogP contribution in [0.5, 0.6) is 5.75 Å². The molecule has 1 amide bonds. The summed E-state index contributed by atoms with van der Waals surface area (Å²) in [6.07, 6.45) is 0. The first kappa shape index (κ1) is 25.4. The number of amides is 1. The largest absolute Gasteiger partial charge is 0.419 e. The van der Waals surface area contributed by atoms with Crippen molar-refractivity contribution in [3.8, 4) is 5.75 Å². The number of ether oxygens (including phenoxy) is 1. The molecular weight excluding hydrogens is 438 g/mol. The number of nitrogens with one attached hydrogen (secondary N) is 1. The molecule has 0 spiro atoms. The van der Waals surface area contributed by atoms with Gasteiger partial charge in [0.2, 0.25) is 11.7 Å². The number of β-lactam (4-membered cyclic amide) rings is 1. The number of hydrogen-bond donors (Lipinski definition) is 1. The second kappa shape index (κ2) is 8.94. The highest BCUT2D eigenvalue weighted by molar-refractivity contribution is 6.48. The Kier molecular flexibility index (Phi) is 7.10. The third-order valence-corrected chi connectivity index (χ3v) is 6.95. The zero-order valence-electron chi connectivity index (χ0n) is 19.2. The highest BCUT2D eigenvalue weighted by atomic mass is 28.3. The van der Waals surface area contributed by atoms with Crippen molar-refractivity contribution in [2.45, 2.75) is 59.4 Å². The Bertz CT molecular complexity index is 945. The van der Waals surface area contributed by atoms with Crippen LogP contribution in [0.1, 0.15) is 34.6 Å². The third kappa shape index (κ3) is 4.80. The summed E-state index contributed by atoms with van der Waals surface area (Å²) in [6, 6.07) is 2.18. The summed E-state index contributed by atoms with van der Waals surface area (Å²) >= 11 is 0. The van der Waals surface area contributed by atoms with Gasteiger partial charge in [-0.05, 0) is 38.4 Å². The zero-order chi connectivity index (χ0) is 24.6. The van der Waals surface area contributed by atoms with Gasteiger partial charge in [0.05, 0.1) is 39.4 Å². The standard InChI is InChI=1S/C20H29N3O8Si/c1-11(16-15(17(24)21-16)20(5,19(2,3)4)31-32(6)7)18(25)30-14-9-8-12(22(26)27)10-13(14)23(28)29/h8-11,15-16,32H,1-7H3,(H,21,24)/t11-,15-,16-,20-/m1/s1. The van der Waals surface area contributed by atoms with Crippen molar-refractivity contribution in [2.24, 2.45) is 17.3 Å². The van der Waals surface area contributed by atoms with E-state index in [0.717, 1.165) is 18.2 Å². The van der Waals surface area contributed by atoms with Gasteiger partial charge >= 0.3 is 11.7 Å². The van der Waals surface area contributed by atoms with E-state index in [4.69, 9.17) is 9.16 Å². The van der Waals surface area contributed by atoms with Crippen LogP contribution in [0, 0.1) is 37.5 Å². The van der Waals surface area contributed by atoms with E-state index in [1.807, 2.05) is 40.8 Å². The number of hydrogen-bond acceptors (Lipinski definition) is 8. The van der Waals surface area contributed by atoms with E-state index in [0.29, 0.717) is 0 Å². The minimum Gasteiger partial charge on any atom is -0.419 e. The molecule has 1 aromatic carbocycles. The number of nitrogens with zero attached hydrogens (tertiary/aromatic N) is 2. The molecule has 32 heavy (non-hydrogen) atoms. The lowest BCUT2D eigenvalue weighted by Gasteiger charge is -2.55. The topological polar surface area (TPSA) is 151 Å². The predicted octanol–water partition coefficient (Wildman–Crippen LogP) is 2.96. The van der Waals surface area contributed by atoms with E-state index in [1.54, 1.807) is 6.92 Å². The Morgan fingerprint density at radius 2 is 1.75 bits per heavy atom. The molecule has 0 radical (unpaired) electrons. The molecule has 0 aliphatic carbocycles. The Hall–Kier alpha value is -2.86. The summed E-state index contributed by atoms with van der Waals surface area (Å²) in [5, 5.41) is 25.0. The molecule has 11 nitrogen and oxygen atoms in total. The summed E-state index contributed by atoms with van der Waals surface area (Å²) in [5.74, 6) is -2.89. The fourth-order valence-corrected chi connectivity index (χ4v) is 5.29. The first-order valence-electron chi connectivity index (χ1n) is 10.2. The van der Waals surface area contributed by atoms with Gasteiger partial charge in [0.1, 0.15) is 0 Å². The quantitative estimate of drug-likeness (QED) is 0.153. The normalized spacial score (nSPS) is 21.2. The molecule has 1 aliphatic heterocycles. The first-order valence-corrected chi connectivity index (χ1v) is 13.0. The molecule has 0 saturated carbocycles. The summed E-state index contributed by atoms with van der Waals surface area (Å²) in [4.78, 5) is 46.0. The van der Waals surface area contributed by atoms with Crippen molar-refractivity contribution in [3.63, 3.8) is 0 Å². The average molecular weight is 468 g/mol. The van der Waals surface area contributed by atoms with Crippen LogP contribution in [0.15, 0.2) is 18.2 Å². The van der Waals surface area contributed by atoms with Gasteiger partial charge in [0, 0.05) is 6.07 Å². The van der Waals surface area contributed by atoms with Crippen molar-refractivity contribution in [1.29, 1.82) is 0 Å². The Morgan fingerprint density at radius 3 is 2.19 bits per heavy atom. The van der Waals surface area contributed by atoms with Crippen molar-refractivity contribution >= 4 is 32.3 Å². The molecular formula is C20H29N3O8Si. The molecule has 0 unspecified atom stereocenters. The Morgan fingerprint density at radius 1 is 1.16 bits per heavy atom. The lowest BCUT2D eigenvalue weighted by atomic mass is 9.62. The zero-order valence-corrected chi connectivity index (χ0v) is 20.4. The monoisotopic (exact) mass is 467 g/mol. The SMILES string of the molecule is C[C@@H](C(=O)Oc1ccc([N+](=O)[O-])cc1[N+](=O)[O-])[C@H]1NC(=O)[C@@H]1[C@@](C)(O[SiH](C)C)C(C)(C)C. The molecule has 0 aromatic heterocycles. The highest BCUT2D eigenvalue weighted by Crippen LogP contribution is 2.46. The van der Waals surface area contributed by atoms with E-state index in [1.165, 1.54) is 0 Å². The molecule has 2 rings (SSSR count). The van der Waals surface area contributed by atoms with E-state index >= 15 is 0 Å². The molecule has 1 fully saturated rings.